The highest BCUT2D eigenvalue weighted by molar-refractivity contribution is 9.10. The summed E-state index contributed by atoms with van der Waals surface area (Å²) < 4.78 is 40.8. The van der Waals surface area contributed by atoms with Crippen LogP contribution in [0.15, 0.2) is 22.7 Å². The second kappa shape index (κ2) is 7.67. The van der Waals surface area contributed by atoms with Gasteiger partial charge >= 0.3 is 6.36 Å². The Labute approximate surface area is 136 Å². The molecule has 1 aliphatic rings. The van der Waals surface area contributed by atoms with Crippen molar-refractivity contribution in [3.63, 3.8) is 0 Å². The van der Waals surface area contributed by atoms with Crippen molar-refractivity contribution in [3.05, 3.63) is 28.2 Å². The maximum Gasteiger partial charge on any atom is 0.573 e. The zero-order chi connectivity index (χ0) is 14.8. The van der Waals surface area contributed by atoms with E-state index in [2.05, 4.69) is 30.9 Å². The summed E-state index contributed by atoms with van der Waals surface area (Å²) in [6, 6.07) is 5.14. The van der Waals surface area contributed by atoms with E-state index >= 15 is 0 Å². The van der Waals surface area contributed by atoms with Crippen molar-refractivity contribution in [2.75, 3.05) is 20.1 Å². The van der Waals surface area contributed by atoms with Gasteiger partial charge in [-0.2, -0.15) is 0 Å². The van der Waals surface area contributed by atoms with Gasteiger partial charge in [-0.15, -0.1) is 25.6 Å². The summed E-state index contributed by atoms with van der Waals surface area (Å²) in [5.41, 5.74) is 0.945. The lowest BCUT2D eigenvalue weighted by atomic mass is 10.1. The Morgan fingerprint density at radius 3 is 2.67 bits per heavy atom. The number of likely N-dealkylation sites (N-methyl/N-ethyl adjacent to an activating group) is 1. The zero-order valence-corrected chi connectivity index (χ0v) is 13.8. The molecule has 0 radical (unpaired) electrons. The van der Waals surface area contributed by atoms with Crippen LogP contribution in [0.25, 0.3) is 0 Å². The maximum absolute atomic E-state index is 12.2. The SMILES string of the molecule is CN(Cc1ccc(OC(F)(F)F)c(Br)c1)C1CCNC1.Cl. The highest BCUT2D eigenvalue weighted by atomic mass is 79.9. The van der Waals surface area contributed by atoms with E-state index in [-0.39, 0.29) is 18.2 Å². The smallest absolute Gasteiger partial charge is 0.405 e. The Morgan fingerprint density at radius 2 is 2.14 bits per heavy atom. The van der Waals surface area contributed by atoms with Crippen LogP contribution in [0.4, 0.5) is 13.2 Å². The molecule has 0 aliphatic carbocycles. The summed E-state index contributed by atoms with van der Waals surface area (Å²) in [4.78, 5) is 2.20. The van der Waals surface area contributed by atoms with Crippen molar-refractivity contribution in [1.29, 1.82) is 0 Å². The van der Waals surface area contributed by atoms with E-state index < -0.39 is 6.36 Å². The molecule has 1 heterocycles. The number of hydrogen-bond acceptors (Lipinski definition) is 3. The largest absolute Gasteiger partial charge is 0.573 e. The van der Waals surface area contributed by atoms with Crippen LogP contribution in [0.3, 0.4) is 0 Å². The minimum atomic E-state index is -4.67. The molecule has 0 aromatic heterocycles. The summed E-state index contributed by atoms with van der Waals surface area (Å²) in [5.74, 6) is -0.216. The number of nitrogens with one attached hydrogen (secondary N) is 1. The monoisotopic (exact) mass is 388 g/mol. The first-order valence-electron chi connectivity index (χ1n) is 6.30. The van der Waals surface area contributed by atoms with Gasteiger partial charge in [0, 0.05) is 19.1 Å². The second-order valence-corrected chi connectivity index (χ2v) is 5.73. The van der Waals surface area contributed by atoms with Crippen molar-refractivity contribution in [1.82, 2.24) is 10.2 Å². The van der Waals surface area contributed by atoms with Crippen molar-refractivity contribution in [2.45, 2.75) is 25.4 Å². The fraction of sp³-hybridized carbons (Fsp3) is 0.538. The van der Waals surface area contributed by atoms with Gasteiger partial charge in [-0.1, -0.05) is 6.07 Å². The average molecular weight is 390 g/mol. The number of rotatable bonds is 4. The average Bonchev–Trinajstić information content (AvgIpc) is 2.85. The molecule has 21 heavy (non-hydrogen) atoms. The minimum absolute atomic E-state index is 0. The number of nitrogens with zero attached hydrogens (tertiary/aromatic N) is 1. The van der Waals surface area contributed by atoms with Crippen LogP contribution in [0.5, 0.6) is 5.75 Å². The number of benzene rings is 1. The maximum atomic E-state index is 12.2. The van der Waals surface area contributed by atoms with Crippen LogP contribution in [-0.4, -0.2) is 37.4 Å². The summed E-state index contributed by atoms with van der Waals surface area (Å²) in [7, 11) is 2.02. The van der Waals surface area contributed by atoms with Gasteiger partial charge in [0.25, 0.3) is 0 Å². The predicted molar refractivity (Wildman–Crippen MR) is 80.8 cm³/mol. The number of halogens is 5. The van der Waals surface area contributed by atoms with E-state index in [9.17, 15) is 13.2 Å². The third-order valence-corrected chi connectivity index (χ3v) is 3.93. The molecule has 2 rings (SSSR count). The van der Waals surface area contributed by atoms with Crippen LogP contribution in [0.1, 0.15) is 12.0 Å². The summed E-state index contributed by atoms with van der Waals surface area (Å²) in [5, 5.41) is 3.29. The molecule has 1 unspecified atom stereocenters. The molecular formula is C13H17BrClF3N2O. The summed E-state index contributed by atoms with van der Waals surface area (Å²) in [6.45, 7) is 2.65. The highest BCUT2D eigenvalue weighted by Gasteiger charge is 2.32. The number of hydrogen-bond donors (Lipinski definition) is 1. The van der Waals surface area contributed by atoms with Gasteiger partial charge in [0.1, 0.15) is 5.75 Å². The molecule has 0 spiro atoms. The third-order valence-electron chi connectivity index (χ3n) is 3.31. The number of alkyl halides is 3. The lowest BCUT2D eigenvalue weighted by Gasteiger charge is -2.23. The molecule has 120 valence electrons. The topological polar surface area (TPSA) is 24.5 Å². The van der Waals surface area contributed by atoms with Crippen LogP contribution < -0.4 is 10.1 Å². The quantitative estimate of drug-likeness (QED) is 0.852. The zero-order valence-electron chi connectivity index (χ0n) is 11.4. The summed E-state index contributed by atoms with van der Waals surface area (Å²) in [6.07, 6.45) is -3.58. The minimum Gasteiger partial charge on any atom is -0.405 e. The molecule has 3 nitrogen and oxygen atoms in total. The Kier molecular flexibility index (Phi) is 6.77. The first-order chi connectivity index (χ1) is 9.35. The fourth-order valence-corrected chi connectivity index (χ4v) is 2.79. The van der Waals surface area contributed by atoms with E-state index in [1.54, 1.807) is 12.1 Å². The Morgan fingerprint density at radius 1 is 1.43 bits per heavy atom. The molecule has 1 N–H and O–H groups in total. The van der Waals surface area contributed by atoms with Crippen LogP contribution in [-0.2, 0) is 6.54 Å². The van der Waals surface area contributed by atoms with E-state index in [0.29, 0.717) is 17.1 Å². The third kappa shape index (κ3) is 5.65. The lowest BCUT2D eigenvalue weighted by Crippen LogP contribution is -2.32. The molecule has 1 atom stereocenters. The van der Waals surface area contributed by atoms with Crippen LogP contribution in [0.2, 0.25) is 0 Å². The molecule has 1 aromatic carbocycles. The van der Waals surface area contributed by atoms with E-state index in [0.717, 1.165) is 25.1 Å². The van der Waals surface area contributed by atoms with E-state index in [1.165, 1.54) is 6.07 Å². The first-order valence-corrected chi connectivity index (χ1v) is 7.09. The Bertz CT molecular complexity index is 467. The van der Waals surface area contributed by atoms with E-state index in [1.807, 2.05) is 7.05 Å². The van der Waals surface area contributed by atoms with Crippen LogP contribution >= 0.6 is 28.3 Å². The molecule has 1 saturated heterocycles. The van der Waals surface area contributed by atoms with Crippen molar-refractivity contribution >= 4 is 28.3 Å². The van der Waals surface area contributed by atoms with Gasteiger partial charge in [0.05, 0.1) is 4.47 Å². The first kappa shape index (κ1) is 18.5. The van der Waals surface area contributed by atoms with Gasteiger partial charge < -0.3 is 10.1 Å². The standard InChI is InChI=1S/C13H16BrF3N2O.ClH/c1-19(10-4-5-18-7-10)8-9-2-3-12(11(14)6-9)20-13(15,16)17;/h2-3,6,10,18H,4-5,7-8H2,1H3;1H. The van der Waals surface area contributed by atoms with Crippen molar-refractivity contribution in [2.24, 2.45) is 0 Å². The Hall–Kier alpha value is -0.500. The molecule has 1 aromatic rings. The van der Waals surface area contributed by atoms with Gasteiger partial charge in [-0.3, -0.25) is 4.90 Å². The normalized spacial score (nSPS) is 18.7. The fourth-order valence-electron chi connectivity index (χ4n) is 2.28. The molecule has 0 amide bonds. The lowest BCUT2D eigenvalue weighted by molar-refractivity contribution is -0.274. The Balaban J connectivity index is 0.00000220. The second-order valence-electron chi connectivity index (χ2n) is 4.87. The van der Waals surface area contributed by atoms with Gasteiger partial charge in [-0.25, -0.2) is 0 Å². The van der Waals surface area contributed by atoms with Gasteiger partial charge in [-0.05, 0) is 53.6 Å². The molecule has 0 saturated carbocycles. The molecule has 8 heteroatoms. The molecule has 0 bridgehead atoms. The summed E-state index contributed by atoms with van der Waals surface area (Å²) >= 11 is 3.12. The van der Waals surface area contributed by atoms with Gasteiger partial charge in [0.2, 0.25) is 0 Å². The van der Waals surface area contributed by atoms with E-state index in [4.69, 9.17) is 0 Å². The molecule has 1 aliphatic heterocycles. The predicted octanol–water partition coefficient (Wildman–Crippen LogP) is 3.56. The van der Waals surface area contributed by atoms with Crippen molar-refractivity contribution < 1.29 is 17.9 Å². The number of ether oxygens (including phenoxy) is 1. The highest BCUT2D eigenvalue weighted by Crippen LogP contribution is 2.31. The molecular weight excluding hydrogens is 373 g/mol. The molecule has 1 fully saturated rings. The van der Waals surface area contributed by atoms with Crippen molar-refractivity contribution in [3.8, 4) is 5.75 Å². The van der Waals surface area contributed by atoms with Crippen LogP contribution in [0, 0.1) is 0 Å². The van der Waals surface area contributed by atoms with Gasteiger partial charge in [0.15, 0.2) is 0 Å².